The Hall–Kier alpha value is -3.50. The van der Waals surface area contributed by atoms with E-state index in [1.165, 1.54) is 12.1 Å². The molecular weight excluding hydrogens is 586 g/mol. The first-order valence-electron chi connectivity index (χ1n) is 16.0. The molecule has 0 fully saturated rings. The lowest BCUT2D eigenvalue weighted by atomic mass is 9.74. The van der Waals surface area contributed by atoms with Crippen LogP contribution in [0.4, 0.5) is 5.95 Å². The van der Waals surface area contributed by atoms with Crippen LogP contribution in [0.25, 0.3) is 11.3 Å². The van der Waals surface area contributed by atoms with Gasteiger partial charge < -0.3 is 4.74 Å². The van der Waals surface area contributed by atoms with E-state index < -0.39 is 15.4 Å². The number of unbranched alkanes of at least 4 members (excludes halogenated alkanes) is 1. The maximum Gasteiger partial charge on any atom is 0.268 e. The summed E-state index contributed by atoms with van der Waals surface area (Å²) in [5, 5.41) is 3.77. The summed E-state index contributed by atoms with van der Waals surface area (Å²) >= 11 is 0. The van der Waals surface area contributed by atoms with Crippen molar-refractivity contribution in [3.8, 4) is 17.1 Å². The van der Waals surface area contributed by atoms with E-state index in [4.69, 9.17) is 4.74 Å². The van der Waals surface area contributed by atoms with E-state index in [1.807, 2.05) is 44.1 Å². The van der Waals surface area contributed by atoms with Crippen LogP contribution >= 0.6 is 0 Å². The molecule has 0 unspecified atom stereocenters. The number of amides is 1. The van der Waals surface area contributed by atoms with E-state index in [0.717, 1.165) is 42.4 Å². The lowest BCUT2D eigenvalue weighted by Gasteiger charge is -2.43. The fourth-order valence-electron chi connectivity index (χ4n) is 6.52. The van der Waals surface area contributed by atoms with E-state index in [2.05, 4.69) is 49.3 Å². The highest BCUT2D eigenvalue weighted by Crippen LogP contribution is 2.38. The monoisotopic (exact) mass is 635 g/mol. The molecule has 0 spiro atoms. The fourth-order valence-corrected chi connectivity index (χ4v) is 7.51. The number of nitrogens with zero attached hydrogens (tertiary/aromatic N) is 4. The largest absolute Gasteiger partial charge is 0.477 e. The summed E-state index contributed by atoms with van der Waals surface area (Å²) < 4.78 is 36.5. The van der Waals surface area contributed by atoms with Gasteiger partial charge in [-0.3, -0.25) is 9.80 Å². The molecule has 0 aliphatic carbocycles. The zero-order valence-corrected chi connectivity index (χ0v) is 28.9. The van der Waals surface area contributed by atoms with E-state index in [-0.39, 0.29) is 22.6 Å². The summed E-state index contributed by atoms with van der Waals surface area (Å²) in [4.78, 5) is 23.5. The predicted octanol–water partition coefficient (Wildman–Crippen LogP) is 7.12. The minimum absolute atomic E-state index is 0.0410. The van der Waals surface area contributed by atoms with Gasteiger partial charge in [0.05, 0.1) is 17.2 Å². The molecule has 244 valence electrons. The van der Waals surface area contributed by atoms with Crippen LogP contribution in [0.5, 0.6) is 5.88 Å². The van der Waals surface area contributed by atoms with Crippen LogP contribution in [-0.4, -0.2) is 61.1 Å². The van der Waals surface area contributed by atoms with Gasteiger partial charge in [-0.25, -0.2) is 23.1 Å². The SMILES string of the molecule is CCCCN(C)N1CC(CC(C)C)(CC(C)C)COc2cc(-c3c(C)cccc3C)nc(n2)NS(=O)(=O)c2cccc(c2)C1=O. The van der Waals surface area contributed by atoms with Crippen molar-refractivity contribution in [1.82, 2.24) is 20.0 Å². The molecule has 2 heterocycles. The number of rotatable bonds is 9. The first kappa shape index (κ1) is 34.4. The highest BCUT2D eigenvalue weighted by atomic mass is 32.2. The number of carbonyl (C=O) groups excluding carboxylic acids is 1. The van der Waals surface area contributed by atoms with Crippen LogP contribution in [0.3, 0.4) is 0 Å². The van der Waals surface area contributed by atoms with Crippen molar-refractivity contribution in [2.75, 3.05) is 31.5 Å². The zero-order chi connectivity index (χ0) is 32.9. The van der Waals surface area contributed by atoms with Crippen molar-refractivity contribution >= 4 is 21.9 Å². The Morgan fingerprint density at radius 1 is 1.00 bits per heavy atom. The van der Waals surface area contributed by atoms with E-state index in [0.29, 0.717) is 42.8 Å². The second-order valence-electron chi connectivity index (χ2n) is 13.4. The molecule has 1 aliphatic rings. The second-order valence-corrected chi connectivity index (χ2v) is 15.1. The number of hydrazine groups is 1. The molecule has 1 N–H and O–H groups in total. The molecule has 2 aromatic carbocycles. The minimum Gasteiger partial charge on any atom is -0.477 e. The molecule has 0 saturated heterocycles. The maximum atomic E-state index is 14.3. The zero-order valence-electron chi connectivity index (χ0n) is 28.1. The Labute approximate surface area is 269 Å². The molecule has 1 aromatic heterocycles. The molecule has 0 radical (unpaired) electrons. The summed E-state index contributed by atoms with van der Waals surface area (Å²) in [5.74, 6) is 0.626. The van der Waals surface area contributed by atoms with E-state index in [9.17, 15) is 13.2 Å². The molecule has 0 atom stereocenters. The average molecular weight is 636 g/mol. The number of anilines is 1. The van der Waals surface area contributed by atoms with E-state index in [1.54, 1.807) is 23.2 Å². The molecule has 1 aliphatic heterocycles. The molecule has 4 rings (SSSR count). The minimum atomic E-state index is -4.13. The molecule has 45 heavy (non-hydrogen) atoms. The third-order valence-corrected chi connectivity index (χ3v) is 9.56. The van der Waals surface area contributed by atoms with Crippen molar-refractivity contribution in [3.05, 3.63) is 65.2 Å². The Balaban J connectivity index is 1.95. The average Bonchev–Trinajstić information content (AvgIpc) is 2.96. The topological polar surface area (TPSA) is 105 Å². The Morgan fingerprint density at radius 2 is 1.64 bits per heavy atom. The van der Waals surface area contributed by atoms with Gasteiger partial charge in [0, 0.05) is 42.7 Å². The number of fused-ring (bicyclic) bond motifs is 4. The number of aryl methyl sites for hydroxylation is 2. The number of benzene rings is 2. The molecule has 9 nitrogen and oxygen atoms in total. The van der Waals surface area contributed by atoms with Gasteiger partial charge in [0.2, 0.25) is 11.8 Å². The summed E-state index contributed by atoms with van der Waals surface area (Å²) in [7, 11) is -2.20. The number of sulfonamides is 1. The van der Waals surface area contributed by atoms with Gasteiger partial charge in [-0.2, -0.15) is 4.98 Å². The normalized spacial score (nSPS) is 16.4. The Bertz CT molecular complexity index is 1580. The number of hydrogen-bond donors (Lipinski definition) is 1. The molecular formula is C35H49N5O4S. The van der Waals surface area contributed by atoms with Crippen LogP contribution in [0.1, 0.15) is 81.8 Å². The first-order valence-corrected chi connectivity index (χ1v) is 17.5. The third-order valence-electron chi connectivity index (χ3n) is 8.23. The van der Waals surface area contributed by atoms with E-state index >= 15 is 0 Å². The van der Waals surface area contributed by atoms with Crippen molar-refractivity contribution in [1.29, 1.82) is 0 Å². The van der Waals surface area contributed by atoms with Crippen LogP contribution in [-0.2, 0) is 10.0 Å². The van der Waals surface area contributed by atoms with Crippen LogP contribution in [0.2, 0.25) is 0 Å². The van der Waals surface area contributed by atoms with Crippen LogP contribution in [0.15, 0.2) is 53.4 Å². The van der Waals surface area contributed by atoms with Crippen molar-refractivity contribution in [2.24, 2.45) is 17.3 Å². The lowest BCUT2D eigenvalue weighted by Crippen LogP contribution is -2.52. The van der Waals surface area contributed by atoms with Gasteiger partial charge in [0.25, 0.3) is 15.9 Å². The number of aromatic nitrogens is 2. The first-order chi connectivity index (χ1) is 21.2. The van der Waals surface area contributed by atoms with Gasteiger partial charge >= 0.3 is 0 Å². The smallest absolute Gasteiger partial charge is 0.268 e. The predicted molar refractivity (Wildman–Crippen MR) is 180 cm³/mol. The highest BCUT2D eigenvalue weighted by Gasteiger charge is 2.38. The van der Waals surface area contributed by atoms with Gasteiger partial charge in [-0.15, -0.1) is 0 Å². The Kier molecular flexibility index (Phi) is 10.9. The molecule has 10 heteroatoms. The summed E-state index contributed by atoms with van der Waals surface area (Å²) in [5.41, 5.74) is 3.38. The third kappa shape index (κ3) is 8.41. The molecule has 1 amide bonds. The second kappa shape index (κ2) is 14.3. The molecule has 0 saturated carbocycles. The summed E-state index contributed by atoms with van der Waals surface area (Å²) in [6.45, 7) is 16.3. The standard InChI is InChI=1S/C35H49N5O4S/c1-9-10-17-39(8)40-22-35(20-24(2)3,21-25(4)5)23-44-31-19-30(32-26(6)13-11-14-27(32)7)36-34(37-31)38-45(42,43)29-16-12-15-28(18-29)33(40)41/h11-16,18-19,24-25H,9-10,17,20-23H2,1-8H3,(H,36,37,38). The van der Waals surface area contributed by atoms with Gasteiger partial charge in [0.15, 0.2) is 0 Å². The summed E-state index contributed by atoms with van der Waals surface area (Å²) in [6, 6.07) is 14.0. The number of hydrogen-bond acceptors (Lipinski definition) is 7. The maximum absolute atomic E-state index is 14.3. The molecule has 3 aromatic rings. The quantitative estimate of drug-likeness (QED) is 0.267. The van der Waals surface area contributed by atoms with Crippen molar-refractivity contribution in [3.63, 3.8) is 0 Å². The lowest BCUT2D eigenvalue weighted by molar-refractivity contribution is -0.0404. The van der Waals surface area contributed by atoms with Gasteiger partial charge in [-0.05, 0) is 74.3 Å². The fraction of sp³-hybridized carbons (Fsp3) is 0.514. The number of nitrogens with one attached hydrogen (secondary N) is 1. The number of carbonyl (C=O) groups is 1. The highest BCUT2D eigenvalue weighted by molar-refractivity contribution is 7.92. The summed E-state index contributed by atoms with van der Waals surface area (Å²) in [6.07, 6.45) is 3.55. The van der Waals surface area contributed by atoms with Gasteiger partial charge in [-0.1, -0.05) is 65.3 Å². The van der Waals surface area contributed by atoms with Gasteiger partial charge in [0.1, 0.15) is 0 Å². The number of ether oxygens (including phenoxy) is 1. The molecule has 4 bridgehead atoms. The Morgan fingerprint density at radius 3 is 2.27 bits per heavy atom. The van der Waals surface area contributed by atoms with Crippen LogP contribution in [0, 0.1) is 31.1 Å². The van der Waals surface area contributed by atoms with Crippen molar-refractivity contribution in [2.45, 2.75) is 79.0 Å². The van der Waals surface area contributed by atoms with Crippen molar-refractivity contribution < 1.29 is 17.9 Å². The van der Waals surface area contributed by atoms with Crippen LogP contribution < -0.4 is 9.46 Å².